The molecule has 0 amide bonds. The second kappa shape index (κ2) is 8.81. The molecule has 5 heteroatoms. The third kappa shape index (κ3) is 4.82. The standard InChI is InChI=1S/C21H20BrNO3/c1-2-3-4-13-25-18-11-5-15(6-12-18)14-19-21(24)26-20(23-19)16-7-9-17(22)10-8-16/h5-12,14H,2-4,13H2,1H3/b19-14-. The van der Waals surface area contributed by atoms with E-state index in [1.807, 2.05) is 48.5 Å². The molecule has 0 aromatic heterocycles. The Labute approximate surface area is 161 Å². The number of benzene rings is 2. The predicted molar refractivity (Wildman–Crippen MR) is 106 cm³/mol. The number of nitrogens with zero attached hydrogens (tertiary/aromatic N) is 1. The van der Waals surface area contributed by atoms with Gasteiger partial charge in [0.05, 0.1) is 6.61 Å². The number of carbonyl (C=O) groups is 1. The van der Waals surface area contributed by atoms with Crippen molar-refractivity contribution in [2.45, 2.75) is 26.2 Å². The molecule has 0 fully saturated rings. The molecule has 1 aliphatic heterocycles. The zero-order chi connectivity index (χ0) is 18.4. The number of hydrogen-bond acceptors (Lipinski definition) is 4. The van der Waals surface area contributed by atoms with Crippen LogP contribution < -0.4 is 4.74 Å². The predicted octanol–water partition coefficient (Wildman–Crippen LogP) is 5.36. The van der Waals surface area contributed by atoms with Gasteiger partial charge >= 0.3 is 5.97 Å². The van der Waals surface area contributed by atoms with Gasteiger partial charge in [-0.25, -0.2) is 9.79 Å². The van der Waals surface area contributed by atoms with Crippen LogP contribution in [0.1, 0.15) is 37.3 Å². The van der Waals surface area contributed by atoms with E-state index in [0.29, 0.717) is 11.6 Å². The second-order valence-corrected chi connectivity index (χ2v) is 6.88. The van der Waals surface area contributed by atoms with Crippen LogP contribution in [0.2, 0.25) is 0 Å². The second-order valence-electron chi connectivity index (χ2n) is 5.97. The van der Waals surface area contributed by atoms with Crippen molar-refractivity contribution in [1.29, 1.82) is 0 Å². The van der Waals surface area contributed by atoms with E-state index in [1.54, 1.807) is 6.08 Å². The maximum atomic E-state index is 12.1. The van der Waals surface area contributed by atoms with Crippen molar-refractivity contribution in [2.24, 2.45) is 4.99 Å². The van der Waals surface area contributed by atoms with E-state index in [1.165, 1.54) is 12.8 Å². The summed E-state index contributed by atoms with van der Waals surface area (Å²) in [5.74, 6) is 0.712. The summed E-state index contributed by atoms with van der Waals surface area (Å²) in [4.78, 5) is 16.4. The highest BCUT2D eigenvalue weighted by atomic mass is 79.9. The van der Waals surface area contributed by atoms with Gasteiger partial charge < -0.3 is 9.47 Å². The third-order valence-corrected chi connectivity index (χ3v) is 4.44. The summed E-state index contributed by atoms with van der Waals surface area (Å²) in [5, 5.41) is 0. The SMILES string of the molecule is CCCCCOc1ccc(/C=C2\N=C(c3ccc(Br)cc3)OC2=O)cc1. The molecule has 26 heavy (non-hydrogen) atoms. The zero-order valence-electron chi connectivity index (χ0n) is 14.6. The normalized spacial score (nSPS) is 15.1. The van der Waals surface area contributed by atoms with Crippen molar-refractivity contribution < 1.29 is 14.3 Å². The van der Waals surface area contributed by atoms with Crippen LogP contribution in [0, 0.1) is 0 Å². The van der Waals surface area contributed by atoms with Gasteiger partial charge in [0.2, 0.25) is 5.90 Å². The number of halogens is 1. The molecule has 0 radical (unpaired) electrons. The Hall–Kier alpha value is -2.40. The lowest BCUT2D eigenvalue weighted by Crippen LogP contribution is -2.05. The van der Waals surface area contributed by atoms with E-state index in [-0.39, 0.29) is 0 Å². The number of carbonyl (C=O) groups excluding carboxylic acids is 1. The maximum absolute atomic E-state index is 12.1. The Morgan fingerprint density at radius 2 is 1.81 bits per heavy atom. The lowest BCUT2D eigenvalue weighted by Gasteiger charge is -2.05. The third-order valence-electron chi connectivity index (χ3n) is 3.91. The fourth-order valence-electron chi connectivity index (χ4n) is 2.49. The van der Waals surface area contributed by atoms with Crippen molar-refractivity contribution >= 4 is 33.9 Å². The van der Waals surface area contributed by atoms with Crippen LogP contribution in [0.3, 0.4) is 0 Å². The first kappa shape index (κ1) is 18.4. The number of aliphatic imine (C=N–C) groups is 1. The Morgan fingerprint density at radius 1 is 1.08 bits per heavy atom. The summed E-state index contributed by atoms with van der Waals surface area (Å²) < 4.78 is 11.9. The minimum absolute atomic E-state index is 0.291. The summed E-state index contributed by atoms with van der Waals surface area (Å²) in [7, 11) is 0. The highest BCUT2D eigenvalue weighted by Gasteiger charge is 2.23. The highest BCUT2D eigenvalue weighted by Crippen LogP contribution is 2.21. The fourth-order valence-corrected chi connectivity index (χ4v) is 2.75. The summed E-state index contributed by atoms with van der Waals surface area (Å²) in [5.41, 5.74) is 1.93. The Morgan fingerprint density at radius 3 is 2.50 bits per heavy atom. The van der Waals surface area contributed by atoms with Gasteiger partial charge in [0.1, 0.15) is 5.75 Å². The van der Waals surface area contributed by atoms with E-state index in [9.17, 15) is 4.79 Å². The van der Waals surface area contributed by atoms with Gasteiger partial charge in [0.15, 0.2) is 5.70 Å². The van der Waals surface area contributed by atoms with E-state index in [4.69, 9.17) is 9.47 Å². The first-order chi connectivity index (χ1) is 12.7. The van der Waals surface area contributed by atoms with Gasteiger partial charge in [-0.3, -0.25) is 0 Å². The van der Waals surface area contributed by atoms with Crippen molar-refractivity contribution in [1.82, 2.24) is 0 Å². The lowest BCUT2D eigenvalue weighted by molar-refractivity contribution is -0.129. The molecule has 134 valence electrons. The summed E-state index contributed by atoms with van der Waals surface area (Å²) in [6.45, 7) is 2.89. The van der Waals surface area contributed by atoms with Crippen molar-refractivity contribution in [3.8, 4) is 5.75 Å². The number of ether oxygens (including phenoxy) is 2. The monoisotopic (exact) mass is 413 g/mol. The Kier molecular flexibility index (Phi) is 6.23. The van der Waals surface area contributed by atoms with E-state index < -0.39 is 5.97 Å². The average molecular weight is 414 g/mol. The molecule has 2 aromatic carbocycles. The highest BCUT2D eigenvalue weighted by molar-refractivity contribution is 9.10. The quantitative estimate of drug-likeness (QED) is 0.348. The molecule has 3 rings (SSSR count). The van der Waals surface area contributed by atoms with Crippen LogP contribution in [-0.2, 0) is 9.53 Å². The van der Waals surface area contributed by atoms with Gasteiger partial charge in [-0.2, -0.15) is 0 Å². The molecule has 0 spiro atoms. The van der Waals surface area contributed by atoms with Gasteiger partial charge in [-0.1, -0.05) is 47.8 Å². The van der Waals surface area contributed by atoms with Gasteiger partial charge in [0, 0.05) is 10.0 Å². The molecule has 1 heterocycles. The van der Waals surface area contributed by atoms with Crippen LogP contribution >= 0.6 is 15.9 Å². The van der Waals surface area contributed by atoms with Gasteiger partial charge in [-0.05, 0) is 54.5 Å². The van der Waals surface area contributed by atoms with E-state index in [2.05, 4.69) is 27.8 Å². The molecule has 0 atom stereocenters. The van der Waals surface area contributed by atoms with E-state index in [0.717, 1.165) is 34.4 Å². The molecule has 0 saturated carbocycles. The van der Waals surface area contributed by atoms with Crippen LogP contribution in [0.25, 0.3) is 6.08 Å². The zero-order valence-corrected chi connectivity index (χ0v) is 16.2. The van der Waals surface area contributed by atoms with Crippen LogP contribution in [0.15, 0.2) is 63.7 Å². The Balaban J connectivity index is 1.68. The molecule has 0 N–H and O–H groups in total. The number of cyclic esters (lactones) is 1. The molecular weight excluding hydrogens is 394 g/mol. The van der Waals surface area contributed by atoms with Crippen LogP contribution in [0.4, 0.5) is 0 Å². The molecule has 0 unspecified atom stereocenters. The lowest BCUT2D eigenvalue weighted by atomic mass is 10.2. The maximum Gasteiger partial charge on any atom is 0.363 e. The van der Waals surface area contributed by atoms with Crippen LogP contribution in [0.5, 0.6) is 5.75 Å². The van der Waals surface area contributed by atoms with Crippen molar-refractivity contribution in [3.63, 3.8) is 0 Å². The largest absolute Gasteiger partial charge is 0.494 e. The average Bonchev–Trinajstić information content (AvgIpc) is 3.01. The minimum Gasteiger partial charge on any atom is -0.494 e. The van der Waals surface area contributed by atoms with Crippen LogP contribution in [-0.4, -0.2) is 18.5 Å². The topological polar surface area (TPSA) is 47.9 Å². The summed E-state index contributed by atoms with van der Waals surface area (Å²) in [6.07, 6.45) is 5.12. The van der Waals surface area contributed by atoms with Crippen molar-refractivity contribution in [3.05, 3.63) is 69.8 Å². The molecule has 1 aliphatic rings. The van der Waals surface area contributed by atoms with Gasteiger partial charge in [-0.15, -0.1) is 0 Å². The first-order valence-electron chi connectivity index (χ1n) is 8.67. The summed E-state index contributed by atoms with van der Waals surface area (Å²) in [6, 6.07) is 15.1. The number of rotatable bonds is 7. The van der Waals surface area contributed by atoms with Crippen molar-refractivity contribution in [2.75, 3.05) is 6.61 Å². The first-order valence-corrected chi connectivity index (χ1v) is 9.46. The van der Waals surface area contributed by atoms with E-state index >= 15 is 0 Å². The molecular formula is C21H20BrNO3. The summed E-state index contributed by atoms with van der Waals surface area (Å²) >= 11 is 3.38. The number of hydrogen-bond donors (Lipinski definition) is 0. The number of esters is 1. The van der Waals surface area contributed by atoms with Gasteiger partial charge in [0.25, 0.3) is 0 Å². The molecule has 4 nitrogen and oxygen atoms in total. The molecule has 2 aromatic rings. The minimum atomic E-state index is -0.442. The number of unbranched alkanes of at least 4 members (excludes halogenated alkanes) is 2. The Bertz CT molecular complexity index is 823. The molecule has 0 saturated heterocycles. The molecule has 0 aliphatic carbocycles. The smallest absolute Gasteiger partial charge is 0.363 e. The fraction of sp³-hybridized carbons (Fsp3) is 0.238. The molecule has 0 bridgehead atoms.